The summed E-state index contributed by atoms with van der Waals surface area (Å²) in [6.45, 7) is 0. The zero-order valence-electron chi connectivity index (χ0n) is 28.4. The minimum Gasteiger partial charge on any atom is -0.309 e. The quantitative estimate of drug-likeness (QED) is 0.169. The lowest BCUT2D eigenvalue weighted by atomic mass is 9.98. The summed E-state index contributed by atoms with van der Waals surface area (Å²) in [5, 5.41) is 7.52. The van der Waals surface area contributed by atoms with Crippen molar-refractivity contribution in [3.8, 4) is 33.4 Å². The predicted molar refractivity (Wildman–Crippen MR) is 225 cm³/mol. The maximum atomic E-state index is 2.47. The number of hydrogen-bond acceptors (Lipinski definition) is 2. The van der Waals surface area contributed by atoms with Crippen LogP contribution in [0.3, 0.4) is 0 Å². The lowest BCUT2D eigenvalue weighted by Gasteiger charge is -2.28. The van der Waals surface area contributed by atoms with E-state index in [1.165, 1.54) is 80.8 Å². The van der Waals surface area contributed by atoms with E-state index >= 15 is 0 Å². The van der Waals surface area contributed by atoms with Crippen molar-refractivity contribution in [3.63, 3.8) is 0 Å². The molecule has 1 heterocycles. The zero-order valence-corrected chi connectivity index (χ0v) is 29.2. The van der Waals surface area contributed by atoms with Gasteiger partial charge in [0.15, 0.2) is 0 Å². The molecule has 0 aliphatic rings. The summed E-state index contributed by atoms with van der Waals surface area (Å²) in [5.74, 6) is 0. The Bertz CT molecular complexity index is 2870. The van der Waals surface area contributed by atoms with E-state index < -0.39 is 0 Å². The second kappa shape index (κ2) is 12.7. The average Bonchev–Trinajstić information content (AvgIpc) is 3.61. The molecule has 0 unspecified atom stereocenters. The summed E-state index contributed by atoms with van der Waals surface area (Å²) in [7, 11) is 0. The largest absolute Gasteiger partial charge is 0.309 e. The molecule has 1 aromatic heterocycles. The molecule has 10 aromatic rings. The first-order chi connectivity index (χ1) is 25.8. The van der Waals surface area contributed by atoms with Crippen LogP contribution in [0, 0.1) is 0 Å². The van der Waals surface area contributed by atoms with E-state index in [0.717, 1.165) is 11.4 Å². The molecule has 0 aliphatic heterocycles. The fraction of sp³-hybridized carbons (Fsp3) is 0. The molecule has 1 nitrogen and oxygen atoms in total. The number of hydrogen-bond donors (Lipinski definition) is 0. The Labute approximate surface area is 307 Å². The minimum absolute atomic E-state index is 1.12. The molecule has 0 fully saturated rings. The normalized spacial score (nSPS) is 11.5. The van der Waals surface area contributed by atoms with Crippen molar-refractivity contribution in [2.45, 2.75) is 0 Å². The van der Waals surface area contributed by atoms with Gasteiger partial charge in [0, 0.05) is 42.0 Å². The Morgan fingerprint density at radius 3 is 1.52 bits per heavy atom. The maximum absolute atomic E-state index is 2.47. The molecule has 2 heteroatoms. The van der Waals surface area contributed by atoms with Gasteiger partial charge in [0.2, 0.25) is 0 Å². The highest BCUT2D eigenvalue weighted by Crippen LogP contribution is 2.49. The highest BCUT2D eigenvalue weighted by Gasteiger charge is 2.21. The third kappa shape index (κ3) is 5.16. The molecule has 0 saturated carbocycles. The summed E-state index contributed by atoms with van der Waals surface area (Å²) in [5.41, 5.74) is 10.8. The predicted octanol–water partition coefficient (Wildman–Crippen LogP) is 14.8. The van der Waals surface area contributed by atoms with Crippen molar-refractivity contribution < 1.29 is 0 Å². The van der Waals surface area contributed by atoms with Crippen LogP contribution in [-0.2, 0) is 0 Å². The van der Waals surface area contributed by atoms with E-state index in [0.29, 0.717) is 0 Å². The van der Waals surface area contributed by atoms with Crippen LogP contribution in [0.25, 0.3) is 75.1 Å². The SMILES string of the molecule is c1ccc(-c2ccc(-c3ccc(N(c4cccc5ccccc45)c4cc5c6cccc(-c7ccccc7)c6sc5c5ccccc45)cc3)cc2)cc1. The third-order valence-electron chi connectivity index (χ3n) is 10.3. The van der Waals surface area contributed by atoms with Crippen LogP contribution < -0.4 is 4.90 Å². The van der Waals surface area contributed by atoms with Crippen LogP contribution in [-0.4, -0.2) is 0 Å². The molecule has 0 saturated heterocycles. The Hall–Kier alpha value is -6.48. The van der Waals surface area contributed by atoms with Crippen molar-refractivity contribution in [2.24, 2.45) is 0 Å². The van der Waals surface area contributed by atoms with Gasteiger partial charge in [-0.3, -0.25) is 0 Å². The molecule has 0 bridgehead atoms. The number of rotatable bonds is 6. The fourth-order valence-electron chi connectivity index (χ4n) is 7.73. The smallest absolute Gasteiger partial charge is 0.0547 e. The van der Waals surface area contributed by atoms with E-state index in [1.807, 2.05) is 11.3 Å². The van der Waals surface area contributed by atoms with Crippen LogP contribution in [0.1, 0.15) is 0 Å². The third-order valence-corrected chi connectivity index (χ3v) is 11.6. The number of anilines is 3. The molecule has 0 radical (unpaired) electrons. The molecule has 52 heavy (non-hydrogen) atoms. The van der Waals surface area contributed by atoms with Crippen LogP contribution in [0.2, 0.25) is 0 Å². The molecule has 0 aliphatic carbocycles. The summed E-state index contributed by atoms with van der Waals surface area (Å²) >= 11 is 1.91. The Kier molecular flexibility index (Phi) is 7.41. The van der Waals surface area contributed by atoms with Gasteiger partial charge in [0.05, 0.1) is 11.4 Å². The first kappa shape index (κ1) is 30.4. The molecular formula is C50H33NS. The summed E-state index contributed by atoms with van der Waals surface area (Å²) in [6, 6.07) is 72.8. The van der Waals surface area contributed by atoms with Gasteiger partial charge in [-0.25, -0.2) is 0 Å². The van der Waals surface area contributed by atoms with Crippen molar-refractivity contribution in [1.82, 2.24) is 0 Å². The van der Waals surface area contributed by atoms with E-state index in [-0.39, 0.29) is 0 Å². The average molecular weight is 680 g/mol. The van der Waals surface area contributed by atoms with Crippen LogP contribution >= 0.6 is 11.3 Å². The van der Waals surface area contributed by atoms with Gasteiger partial charge in [-0.1, -0.05) is 176 Å². The Morgan fingerprint density at radius 1 is 0.308 bits per heavy atom. The van der Waals surface area contributed by atoms with Crippen molar-refractivity contribution in [1.29, 1.82) is 0 Å². The highest BCUT2D eigenvalue weighted by atomic mass is 32.1. The second-order valence-corrected chi connectivity index (χ2v) is 14.3. The number of thiophene rings is 1. The molecule has 0 amide bonds. The fourth-order valence-corrected chi connectivity index (χ4v) is 9.09. The van der Waals surface area contributed by atoms with E-state index in [9.17, 15) is 0 Å². The molecular weight excluding hydrogens is 647 g/mol. The Morgan fingerprint density at radius 2 is 0.808 bits per heavy atom. The molecule has 9 aromatic carbocycles. The molecule has 10 rings (SSSR count). The van der Waals surface area contributed by atoms with E-state index in [2.05, 4.69) is 205 Å². The zero-order chi connectivity index (χ0) is 34.4. The number of benzene rings is 9. The van der Waals surface area contributed by atoms with Gasteiger partial charge in [-0.2, -0.15) is 0 Å². The van der Waals surface area contributed by atoms with E-state index in [4.69, 9.17) is 0 Å². The van der Waals surface area contributed by atoms with Gasteiger partial charge in [-0.15, -0.1) is 11.3 Å². The van der Waals surface area contributed by atoms with Crippen LogP contribution in [0.15, 0.2) is 200 Å². The van der Waals surface area contributed by atoms with Gasteiger partial charge in [0.1, 0.15) is 0 Å². The lowest BCUT2D eigenvalue weighted by molar-refractivity contribution is 1.32. The maximum Gasteiger partial charge on any atom is 0.0547 e. The first-order valence-corrected chi connectivity index (χ1v) is 18.6. The standard InChI is InChI=1S/C50H33NS/c1-3-13-34(14-4-1)35-25-27-36(28-26-35)37-29-31-40(32-30-37)51(47-24-11-18-38-17-7-8-19-41(38)47)48-33-46-45-23-12-22-42(39-15-5-2-6-16-39)49(45)52-50(46)44-21-10-9-20-43(44)48/h1-33H. The van der Waals surface area contributed by atoms with Gasteiger partial charge in [-0.05, 0) is 63.0 Å². The van der Waals surface area contributed by atoms with Gasteiger partial charge < -0.3 is 4.90 Å². The highest BCUT2D eigenvalue weighted by molar-refractivity contribution is 7.27. The number of fused-ring (bicyclic) bond motifs is 6. The Balaban J connectivity index is 1.17. The number of nitrogens with zero attached hydrogens (tertiary/aromatic N) is 1. The summed E-state index contributed by atoms with van der Waals surface area (Å²) < 4.78 is 2.65. The van der Waals surface area contributed by atoms with Crippen molar-refractivity contribution >= 4 is 70.1 Å². The molecule has 244 valence electrons. The van der Waals surface area contributed by atoms with Crippen molar-refractivity contribution in [3.05, 3.63) is 200 Å². The second-order valence-electron chi connectivity index (χ2n) is 13.3. The first-order valence-electron chi connectivity index (χ1n) is 17.8. The summed E-state index contributed by atoms with van der Waals surface area (Å²) in [6.07, 6.45) is 0. The summed E-state index contributed by atoms with van der Waals surface area (Å²) in [4.78, 5) is 2.47. The van der Waals surface area contributed by atoms with Crippen LogP contribution in [0.5, 0.6) is 0 Å². The van der Waals surface area contributed by atoms with Crippen molar-refractivity contribution in [2.75, 3.05) is 4.90 Å². The van der Waals surface area contributed by atoms with Gasteiger partial charge >= 0.3 is 0 Å². The topological polar surface area (TPSA) is 3.24 Å². The molecule has 0 N–H and O–H groups in total. The lowest BCUT2D eigenvalue weighted by Crippen LogP contribution is -2.11. The van der Waals surface area contributed by atoms with E-state index in [1.54, 1.807) is 0 Å². The monoisotopic (exact) mass is 679 g/mol. The molecule has 0 spiro atoms. The van der Waals surface area contributed by atoms with Crippen LogP contribution in [0.4, 0.5) is 17.1 Å². The van der Waals surface area contributed by atoms with Gasteiger partial charge in [0.25, 0.3) is 0 Å². The molecule has 0 atom stereocenters. The minimum atomic E-state index is 1.12.